The van der Waals surface area contributed by atoms with E-state index in [9.17, 15) is 22.8 Å². The molecule has 0 radical (unpaired) electrons. The van der Waals surface area contributed by atoms with Crippen LogP contribution < -0.4 is 5.32 Å². The minimum Gasteiger partial charge on any atom is -0.345 e. The topological polar surface area (TPSA) is 49.4 Å². The molecule has 0 aromatic rings. The van der Waals surface area contributed by atoms with Crippen LogP contribution in [0.25, 0.3) is 0 Å². The van der Waals surface area contributed by atoms with Crippen molar-refractivity contribution in [2.45, 2.75) is 25.1 Å². The molecule has 1 heterocycles. The Kier molecular flexibility index (Phi) is 4.14. The van der Waals surface area contributed by atoms with Crippen molar-refractivity contribution in [3.63, 3.8) is 0 Å². The second-order valence-electron chi connectivity index (χ2n) is 3.77. The third-order valence-electron chi connectivity index (χ3n) is 2.57. The molecule has 7 heteroatoms. The van der Waals surface area contributed by atoms with Gasteiger partial charge in [-0.05, 0) is 18.9 Å². The third kappa shape index (κ3) is 3.76. The monoisotopic (exact) mass is 250 g/mol. The maximum absolute atomic E-state index is 12.0. The maximum Gasteiger partial charge on any atom is 0.471 e. The summed E-state index contributed by atoms with van der Waals surface area (Å²) in [7, 11) is 0. The lowest BCUT2D eigenvalue weighted by molar-refractivity contribution is -0.174. The van der Waals surface area contributed by atoms with Gasteiger partial charge < -0.3 is 10.2 Å². The summed E-state index contributed by atoms with van der Waals surface area (Å²) >= 11 is 0. The number of amides is 2. The van der Waals surface area contributed by atoms with E-state index in [0.717, 1.165) is 6.08 Å². The SMILES string of the molecule is C=CC(=O)N1CCC(NC(=O)C(F)(F)F)CC1. The molecule has 17 heavy (non-hydrogen) atoms. The Bertz CT molecular complexity index is 320. The number of carbonyl (C=O) groups is 2. The van der Waals surface area contributed by atoms with Crippen LogP contribution in [-0.2, 0) is 9.59 Å². The highest BCUT2D eigenvalue weighted by Crippen LogP contribution is 2.17. The molecule has 0 saturated carbocycles. The number of halogens is 3. The Balaban J connectivity index is 2.40. The average molecular weight is 250 g/mol. The molecule has 0 bridgehead atoms. The lowest BCUT2D eigenvalue weighted by atomic mass is 10.0. The molecule has 0 unspecified atom stereocenters. The lowest BCUT2D eigenvalue weighted by Crippen LogP contribution is -2.49. The van der Waals surface area contributed by atoms with Crippen molar-refractivity contribution in [2.75, 3.05) is 13.1 Å². The predicted octanol–water partition coefficient (Wildman–Crippen LogP) is 0.842. The van der Waals surface area contributed by atoms with Crippen LogP contribution in [0.2, 0.25) is 0 Å². The minimum atomic E-state index is -4.85. The van der Waals surface area contributed by atoms with Gasteiger partial charge in [-0.1, -0.05) is 6.58 Å². The molecule has 1 rings (SSSR count). The van der Waals surface area contributed by atoms with E-state index in [1.54, 1.807) is 0 Å². The summed E-state index contributed by atoms with van der Waals surface area (Å²) in [5.74, 6) is -2.17. The number of hydrogen-bond acceptors (Lipinski definition) is 2. The van der Waals surface area contributed by atoms with Gasteiger partial charge in [0.25, 0.3) is 0 Å². The maximum atomic E-state index is 12.0. The van der Waals surface area contributed by atoms with E-state index in [4.69, 9.17) is 0 Å². The Morgan fingerprint density at radius 3 is 2.24 bits per heavy atom. The van der Waals surface area contributed by atoms with Crippen molar-refractivity contribution in [3.05, 3.63) is 12.7 Å². The van der Waals surface area contributed by atoms with Gasteiger partial charge in [0.05, 0.1) is 0 Å². The highest BCUT2D eigenvalue weighted by molar-refractivity contribution is 5.87. The molecule has 0 spiro atoms. The molecular weight excluding hydrogens is 237 g/mol. The molecule has 1 saturated heterocycles. The average Bonchev–Trinajstić information content (AvgIpc) is 2.27. The first-order chi connectivity index (χ1) is 7.84. The largest absolute Gasteiger partial charge is 0.471 e. The number of nitrogens with one attached hydrogen (secondary N) is 1. The van der Waals surface area contributed by atoms with Gasteiger partial charge >= 0.3 is 12.1 Å². The first-order valence-corrected chi connectivity index (χ1v) is 5.13. The molecule has 4 nitrogen and oxygen atoms in total. The summed E-state index contributed by atoms with van der Waals surface area (Å²) in [4.78, 5) is 23.4. The van der Waals surface area contributed by atoms with Crippen molar-refractivity contribution in [1.29, 1.82) is 0 Å². The van der Waals surface area contributed by atoms with Crippen molar-refractivity contribution >= 4 is 11.8 Å². The van der Waals surface area contributed by atoms with E-state index in [2.05, 4.69) is 6.58 Å². The van der Waals surface area contributed by atoms with Gasteiger partial charge in [-0.3, -0.25) is 9.59 Å². The van der Waals surface area contributed by atoms with Crippen molar-refractivity contribution in [1.82, 2.24) is 10.2 Å². The summed E-state index contributed by atoms with van der Waals surface area (Å²) in [5, 5.41) is 1.91. The van der Waals surface area contributed by atoms with Crippen LogP contribution in [0.4, 0.5) is 13.2 Å². The fourth-order valence-corrected chi connectivity index (χ4v) is 1.64. The van der Waals surface area contributed by atoms with Gasteiger partial charge in [0.2, 0.25) is 5.91 Å². The predicted molar refractivity (Wildman–Crippen MR) is 54.0 cm³/mol. The number of hydrogen-bond donors (Lipinski definition) is 1. The van der Waals surface area contributed by atoms with Gasteiger partial charge in [-0.15, -0.1) is 0 Å². The van der Waals surface area contributed by atoms with Gasteiger partial charge in [0.15, 0.2) is 0 Å². The summed E-state index contributed by atoms with van der Waals surface area (Å²) in [6.45, 7) is 3.98. The Hall–Kier alpha value is -1.53. The fraction of sp³-hybridized carbons (Fsp3) is 0.600. The van der Waals surface area contributed by atoms with Gasteiger partial charge in [0.1, 0.15) is 0 Å². The second-order valence-corrected chi connectivity index (χ2v) is 3.77. The highest BCUT2D eigenvalue weighted by atomic mass is 19.4. The number of piperidine rings is 1. The first kappa shape index (κ1) is 13.5. The van der Waals surface area contributed by atoms with Crippen molar-refractivity contribution in [2.24, 2.45) is 0 Å². The smallest absolute Gasteiger partial charge is 0.345 e. The number of rotatable bonds is 2. The molecule has 1 aliphatic heterocycles. The Morgan fingerprint density at radius 2 is 1.82 bits per heavy atom. The zero-order valence-electron chi connectivity index (χ0n) is 9.09. The van der Waals surface area contributed by atoms with Crippen LogP contribution in [-0.4, -0.2) is 42.0 Å². The van der Waals surface area contributed by atoms with Crippen molar-refractivity contribution in [3.8, 4) is 0 Å². The molecule has 0 aromatic carbocycles. The van der Waals surface area contributed by atoms with Crippen LogP contribution in [0.1, 0.15) is 12.8 Å². The quantitative estimate of drug-likeness (QED) is 0.738. The van der Waals surface area contributed by atoms with E-state index in [-0.39, 0.29) is 5.91 Å². The summed E-state index contributed by atoms with van der Waals surface area (Å²) < 4.78 is 35.9. The summed E-state index contributed by atoms with van der Waals surface area (Å²) in [5.41, 5.74) is 0. The van der Waals surface area contributed by atoms with E-state index < -0.39 is 18.1 Å². The zero-order chi connectivity index (χ0) is 13.1. The fourth-order valence-electron chi connectivity index (χ4n) is 1.64. The normalized spacial score (nSPS) is 17.7. The van der Waals surface area contributed by atoms with Crippen LogP contribution in [0, 0.1) is 0 Å². The van der Waals surface area contributed by atoms with Crippen LogP contribution in [0.15, 0.2) is 12.7 Å². The zero-order valence-corrected chi connectivity index (χ0v) is 9.09. The standard InChI is InChI=1S/C10H13F3N2O2/c1-2-8(16)15-5-3-7(4-6-15)14-9(17)10(11,12)13/h2,7H,1,3-6H2,(H,14,17). The summed E-state index contributed by atoms with van der Waals surface area (Å²) in [6, 6.07) is -0.530. The molecule has 0 aromatic heterocycles. The molecule has 1 N–H and O–H groups in total. The highest BCUT2D eigenvalue weighted by Gasteiger charge is 2.40. The van der Waals surface area contributed by atoms with Crippen LogP contribution in [0.5, 0.6) is 0 Å². The minimum absolute atomic E-state index is 0.245. The molecular formula is C10H13F3N2O2. The number of alkyl halides is 3. The van der Waals surface area contributed by atoms with E-state index in [0.29, 0.717) is 25.9 Å². The Labute approximate surface area is 96.5 Å². The van der Waals surface area contributed by atoms with Gasteiger partial charge in [-0.2, -0.15) is 13.2 Å². The number of nitrogens with zero attached hydrogens (tertiary/aromatic N) is 1. The third-order valence-corrected chi connectivity index (χ3v) is 2.57. The molecule has 0 atom stereocenters. The molecule has 1 aliphatic rings. The Morgan fingerprint density at radius 1 is 1.29 bits per heavy atom. The molecule has 0 aliphatic carbocycles. The molecule has 2 amide bonds. The van der Waals surface area contributed by atoms with Gasteiger partial charge in [-0.25, -0.2) is 0 Å². The molecule has 96 valence electrons. The van der Waals surface area contributed by atoms with E-state index in [1.165, 1.54) is 4.90 Å². The molecule has 1 fully saturated rings. The lowest BCUT2D eigenvalue weighted by Gasteiger charge is -2.31. The van der Waals surface area contributed by atoms with Gasteiger partial charge in [0, 0.05) is 19.1 Å². The second kappa shape index (κ2) is 5.20. The van der Waals surface area contributed by atoms with Crippen LogP contribution in [0.3, 0.4) is 0 Å². The van der Waals surface area contributed by atoms with E-state index in [1.807, 2.05) is 5.32 Å². The van der Waals surface area contributed by atoms with Crippen LogP contribution >= 0.6 is 0 Å². The number of likely N-dealkylation sites (tertiary alicyclic amines) is 1. The number of carbonyl (C=O) groups excluding carboxylic acids is 2. The van der Waals surface area contributed by atoms with E-state index >= 15 is 0 Å². The summed E-state index contributed by atoms with van der Waals surface area (Å²) in [6.07, 6.45) is -3.05. The first-order valence-electron chi connectivity index (χ1n) is 5.13. The van der Waals surface area contributed by atoms with Crippen molar-refractivity contribution < 1.29 is 22.8 Å².